The van der Waals surface area contributed by atoms with Gasteiger partial charge in [0.05, 0.1) is 11.7 Å². The van der Waals surface area contributed by atoms with Crippen molar-refractivity contribution in [2.24, 2.45) is 0 Å². The van der Waals surface area contributed by atoms with Gasteiger partial charge in [0, 0.05) is 17.6 Å². The Labute approximate surface area is 187 Å². The molecule has 1 fully saturated rings. The Morgan fingerprint density at radius 3 is 2.63 bits per heavy atom. The van der Waals surface area contributed by atoms with Crippen molar-refractivity contribution in [3.05, 3.63) is 78.3 Å². The normalized spacial score (nSPS) is 18.8. The van der Waals surface area contributed by atoms with E-state index in [0.717, 1.165) is 46.1 Å². The summed E-state index contributed by atoms with van der Waals surface area (Å²) in [6.45, 7) is 1.87. The van der Waals surface area contributed by atoms with E-state index in [4.69, 9.17) is 16.6 Å². The summed E-state index contributed by atoms with van der Waals surface area (Å²) in [5.74, 6) is 0.904. The maximum atomic E-state index is 6.31. The maximum absolute atomic E-state index is 6.31. The maximum Gasteiger partial charge on any atom is 0.170 e. The molecule has 2 aromatic heterocycles. The number of pyridine rings is 1. The first-order valence-electron chi connectivity index (χ1n) is 10.1. The molecule has 5 nitrogen and oxygen atoms in total. The van der Waals surface area contributed by atoms with E-state index < -0.39 is 0 Å². The summed E-state index contributed by atoms with van der Waals surface area (Å²) < 4.78 is 6.31. The first-order valence-corrected chi connectivity index (χ1v) is 11.3. The van der Waals surface area contributed by atoms with Gasteiger partial charge in [-0.1, -0.05) is 36.0 Å². The van der Waals surface area contributed by atoms with Crippen LogP contribution in [0.1, 0.15) is 30.0 Å². The number of thiocarbonyl (C=S) groups is 1. The molecule has 0 bridgehead atoms. The fourth-order valence-electron chi connectivity index (χ4n) is 3.67. The number of aromatic nitrogens is 1. The van der Waals surface area contributed by atoms with E-state index in [-0.39, 0.29) is 12.1 Å². The Hall–Kier alpha value is -2.35. The molecule has 2 atom stereocenters. The summed E-state index contributed by atoms with van der Waals surface area (Å²) in [7, 11) is 4.18. The van der Waals surface area contributed by atoms with Crippen molar-refractivity contribution in [2.75, 3.05) is 27.2 Å². The van der Waals surface area contributed by atoms with Crippen LogP contribution in [0.15, 0.2) is 81.3 Å². The van der Waals surface area contributed by atoms with E-state index in [1.54, 1.807) is 11.8 Å². The molecule has 4 rings (SSSR count). The van der Waals surface area contributed by atoms with Gasteiger partial charge in [-0.3, -0.25) is 4.98 Å². The van der Waals surface area contributed by atoms with E-state index in [1.165, 1.54) is 0 Å². The lowest BCUT2D eigenvalue weighted by Crippen LogP contribution is -2.32. The molecule has 1 aliphatic rings. The summed E-state index contributed by atoms with van der Waals surface area (Å²) >= 11 is 7.34. The van der Waals surface area contributed by atoms with Crippen molar-refractivity contribution >= 4 is 29.1 Å². The van der Waals surface area contributed by atoms with Crippen LogP contribution in [0.4, 0.5) is 0 Å². The van der Waals surface area contributed by atoms with Crippen LogP contribution in [-0.2, 0) is 0 Å². The number of hydrogen-bond acceptors (Lipinski definition) is 5. The molecule has 1 N–H and O–H groups in total. The zero-order chi connectivity index (χ0) is 20.9. The standard InChI is InChI=1S/C23H26N4OS2/c1-26(2)15-8-16-27-22(21(25-23(27)29)18-11-6-7-14-24-18)19-12-13-20(28-19)30-17-9-4-3-5-10-17/h3-7,9-14,21-22H,8,15-16H2,1-2H3,(H,25,29). The molecule has 0 radical (unpaired) electrons. The number of furan rings is 1. The Balaban J connectivity index is 1.60. The first-order chi connectivity index (χ1) is 14.6. The molecule has 1 aromatic carbocycles. The van der Waals surface area contributed by atoms with Crippen molar-refractivity contribution in [1.82, 2.24) is 20.1 Å². The van der Waals surface area contributed by atoms with Crippen LogP contribution >= 0.6 is 24.0 Å². The lowest BCUT2D eigenvalue weighted by atomic mass is 10.0. The van der Waals surface area contributed by atoms with Gasteiger partial charge in [-0.2, -0.15) is 0 Å². The van der Waals surface area contributed by atoms with Crippen LogP contribution in [0.3, 0.4) is 0 Å². The Morgan fingerprint density at radius 2 is 1.90 bits per heavy atom. The molecule has 0 aliphatic carbocycles. The fraction of sp³-hybridized carbons (Fsp3) is 0.304. The zero-order valence-corrected chi connectivity index (χ0v) is 18.8. The lowest BCUT2D eigenvalue weighted by Gasteiger charge is -2.26. The molecule has 1 aliphatic heterocycles. The summed E-state index contributed by atoms with van der Waals surface area (Å²) in [5, 5.41) is 5.11. The van der Waals surface area contributed by atoms with Crippen molar-refractivity contribution in [3.8, 4) is 0 Å². The van der Waals surface area contributed by atoms with Crippen LogP contribution in [0.5, 0.6) is 0 Å². The highest BCUT2D eigenvalue weighted by Gasteiger charge is 2.41. The van der Waals surface area contributed by atoms with Crippen LogP contribution in [0, 0.1) is 0 Å². The van der Waals surface area contributed by atoms with Gasteiger partial charge in [0.25, 0.3) is 0 Å². The van der Waals surface area contributed by atoms with E-state index in [9.17, 15) is 0 Å². The fourth-order valence-corrected chi connectivity index (χ4v) is 4.80. The largest absolute Gasteiger partial charge is 0.452 e. The molecule has 30 heavy (non-hydrogen) atoms. The smallest absolute Gasteiger partial charge is 0.170 e. The van der Waals surface area contributed by atoms with Crippen molar-refractivity contribution in [1.29, 1.82) is 0 Å². The SMILES string of the molecule is CN(C)CCCN1C(=S)NC(c2ccccn2)C1c1ccc(Sc2ccccc2)o1. The molecule has 2 unspecified atom stereocenters. The zero-order valence-electron chi connectivity index (χ0n) is 17.2. The third-order valence-electron chi connectivity index (χ3n) is 5.06. The van der Waals surface area contributed by atoms with Crippen LogP contribution < -0.4 is 5.32 Å². The molecule has 0 spiro atoms. The lowest BCUT2D eigenvalue weighted by molar-refractivity contribution is 0.249. The van der Waals surface area contributed by atoms with Gasteiger partial charge in [-0.05, 0) is 75.7 Å². The molecule has 3 aromatic rings. The predicted octanol–water partition coefficient (Wildman–Crippen LogP) is 4.75. The second-order valence-electron chi connectivity index (χ2n) is 7.55. The molecular formula is C23H26N4OS2. The third-order valence-corrected chi connectivity index (χ3v) is 6.34. The first kappa shape index (κ1) is 20.9. The highest BCUT2D eigenvalue weighted by atomic mass is 32.2. The quantitative estimate of drug-likeness (QED) is 0.509. The summed E-state index contributed by atoms with van der Waals surface area (Å²) in [5.41, 5.74) is 0.966. The Morgan fingerprint density at radius 1 is 1.10 bits per heavy atom. The van der Waals surface area contributed by atoms with E-state index in [2.05, 4.69) is 52.4 Å². The van der Waals surface area contributed by atoms with Gasteiger partial charge < -0.3 is 19.5 Å². The van der Waals surface area contributed by atoms with Gasteiger partial charge in [-0.15, -0.1) is 0 Å². The summed E-state index contributed by atoms with van der Waals surface area (Å²) in [6, 6.07) is 20.3. The number of benzene rings is 1. The summed E-state index contributed by atoms with van der Waals surface area (Å²) in [6.07, 6.45) is 2.84. The highest BCUT2D eigenvalue weighted by Crippen LogP contribution is 2.41. The highest BCUT2D eigenvalue weighted by molar-refractivity contribution is 7.99. The van der Waals surface area contributed by atoms with Gasteiger partial charge in [0.2, 0.25) is 0 Å². The second kappa shape index (κ2) is 9.64. The van der Waals surface area contributed by atoms with Gasteiger partial charge in [0.15, 0.2) is 10.2 Å². The van der Waals surface area contributed by atoms with Crippen molar-refractivity contribution in [2.45, 2.75) is 28.5 Å². The Kier molecular flexibility index (Phi) is 6.72. The minimum absolute atomic E-state index is 0.0281. The van der Waals surface area contributed by atoms with Crippen molar-refractivity contribution < 1.29 is 4.42 Å². The second-order valence-corrected chi connectivity index (χ2v) is 9.01. The van der Waals surface area contributed by atoms with Crippen molar-refractivity contribution in [3.63, 3.8) is 0 Å². The van der Waals surface area contributed by atoms with E-state index in [1.807, 2.05) is 48.7 Å². The molecule has 156 valence electrons. The van der Waals surface area contributed by atoms with Gasteiger partial charge in [0.1, 0.15) is 11.8 Å². The third kappa shape index (κ3) is 4.86. The Bertz CT molecular complexity index is 962. The summed E-state index contributed by atoms with van der Waals surface area (Å²) in [4.78, 5) is 10.2. The number of hydrogen-bond donors (Lipinski definition) is 1. The average Bonchev–Trinajstić information content (AvgIpc) is 3.33. The number of rotatable bonds is 8. The van der Waals surface area contributed by atoms with Gasteiger partial charge in [-0.25, -0.2) is 0 Å². The topological polar surface area (TPSA) is 44.5 Å². The number of nitrogens with one attached hydrogen (secondary N) is 1. The molecule has 1 saturated heterocycles. The van der Waals surface area contributed by atoms with E-state index in [0.29, 0.717) is 0 Å². The van der Waals surface area contributed by atoms with Crippen LogP contribution in [-0.4, -0.2) is 47.1 Å². The molecule has 0 amide bonds. The van der Waals surface area contributed by atoms with E-state index >= 15 is 0 Å². The number of nitrogens with zero attached hydrogens (tertiary/aromatic N) is 3. The monoisotopic (exact) mass is 438 g/mol. The predicted molar refractivity (Wildman–Crippen MR) is 125 cm³/mol. The average molecular weight is 439 g/mol. The molecule has 0 saturated carbocycles. The molecule has 7 heteroatoms. The van der Waals surface area contributed by atoms with Crippen LogP contribution in [0.2, 0.25) is 0 Å². The van der Waals surface area contributed by atoms with Crippen LogP contribution in [0.25, 0.3) is 0 Å². The minimum Gasteiger partial charge on any atom is -0.452 e. The molecular weight excluding hydrogens is 412 g/mol. The molecule has 3 heterocycles. The van der Waals surface area contributed by atoms with Gasteiger partial charge >= 0.3 is 0 Å². The minimum atomic E-state index is -0.0428.